The van der Waals surface area contributed by atoms with Crippen LogP contribution in [-0.4, -0.2) is 56.2 Å². The molecule has 0 saturated carbocycles. The number of likely N-dealkylation sites (tertiary alicyclic amines) is 2. The van der Waals surface area contributed by atoms with Gasteiger partial charge in [0.25, 0.3) is 0 Å². The van der Waals surface area contributed by atoms with Gasteiger partial charge in [0.2, 0.25) is 0 Å². The van der Waals surface area contributed by atoms with Crippen molar-refractivity contribution in [3.63, 3.8) is 0 Å². The summed E-state index contributed by atoms with van der Waals surface area (Å²) >= 11 is 6.95. The molecule has 2 atom stereocenters. The van der Waals surface area contributed by atoms with Crippen molar-refractivity contribution in [2.75, 3.05) is 13.1 Å². The molecule has 2 unspecified atom stereocenters. The molecule has 8 nitrogen and oxygen atoms in total. The van der Waals surface area contributed by atoms with E-state index in [2.05, 4.69) is 94.1 Å². The first-order valence-electron chi connectivity index (χ1n) is 18.8. The normalized spacial score (nSPS) is 17.4. The number of carbonyl (C=O) groups excluding carboxylic acids is 2. The third-order valence-electron chi connectivity index (χ3n) is 9.57. The van der Waals surface area contributed by atoms with Crippen LogP contribution in [0.4, 0.5) is 9.59 Å². The Morgan fingerprint density at radius 2 is 1.16 bits per heavy atom. The van der Waals surface area contributed by atoms with Gasteiger partial charge in [-0.15, -0.1) is 22.7 Å². The minimum Gasteiger partial charge on any atom is -0.444 e. The molecule has 286 valence electrons. The molecule has 2 amide bonds. The summed E-state index contributed by atoms with van der Waals surface area (Å²) in [7, 11) is 0. The number of ether oxygens (including phenoxy) is 2. The molecule has 0 bridgehead atoms. The summed E-state index contributed by atoms with van der Waals surface area (Å²) in [4.78, 5) is 38.8. The molecule has 0 aliphatic carbocycles. The number of amides is 2. The number of hydrogen-bond acceptors (Lipinski definition) is 8. The van der Waals surface area contributed by atoms with E-state index >= 15 is 0 Å². The highest BCUT2D eigenvalue weighted by molar-refractivity contribution is 9.11. The van der Waals surface area contributed by atoms with Crippen LogP contribution >= 0.6 is 38.6 Å². The van der Waals surface area contributed by atoms with Crippen LogP contribution in [0, 0.1) is 0 Å². The van der Waals surface area contributed by atoms with Crippen molar-refractivity contribution in [3.8, 4) is 22.5 Å². The number of benzene rings is 4. The SMILES string of the molecule is CC(C)(C)OC(=O)N1CCCC1c1nc(-c2cccc3ccccc23)c(Br)s1.CC(C)(C)OC(=O)N1CCCC1c1nc(-c2cccc3ccccc23)cs1. The molecular formula is C44H47BrN4O4S2. The lowest BCUT2D eigenvalue weighted by molar-refractivity contribution is 0.0213. The fraction of sp³-hybridized carbons (Fsp3) is 0.364. The van der Waals surface area contributed by atoms with Crippen molar-refractivity contribution in [2.45, 2.75) is 90.5 Å². The van der Waals surface area contributed by atoms with E-state index in [0.29, 0.717) is 6.54 Å². The predicted octanol–water partition coefficient (Wildman–Crippen LogP) is 12.8. The van der Waals surface area contributed by atoms with Crippen LogP contribution in [-0.2, 0) is 9.47 Å². The minimum atomic E-state index is -0.498. The van der Waals surface area contributed by atoms with Gasteiger partial charge in [0, 0.05) is 29.6 Å². The molecule has 2 aliphatic heterocycles. The Labute approximate surface area is 339 Å². The van der Waals surface area contributed by atoms with E-state index in [1.165, 1.54) is 21.5 Å². The topological polar surface area (TPSA) is 84.9 Å². The van der Waals surface area contributed by atoms with E-state index in [9.17, 15) is 9.59 Å². The summed E-state index contributed by atoms with van der Waals surface area (Å²) in [6, 6.07) is 29.2. The number of carbonyl (C=O) groups is 2. The number of hydrogen-bond donors (Lipinski definition) is 0. The smallest absolute Gasteiger partial charge is 0.410 e. The maximum absolute atomic E-state index is 12.7. The summed E-state index contributed by atoms with van der Waals surface area (Å²) in [5, 5.41) is 8.83. The molecule has 2 aliphatic rings. The second-order valence-electron chi connectivity index (χ2n) is 16.0. The van der Waals surface area contributed by atoms with Gasteiger partial charge < -0.3 is 9.47 Å². The quantitative estimate of drug-likeness (QED) is 0.176. The van der Waals surface area contributed by atoms with E-state index in [1.54, 1.807) is 22.7 Å². The Morgan fingerprint density at radius 3 is 1.73 bits per heavy atom. The molecule has 4 heterocycles. The van der Waals surface area contributed by atoms with Gasteiger partial charge in [-0.2, -0.15) is 0 Å². The van der Waals surface area contributed by atoms with Crippen LogP contribution in [0.5, 0.6) is 0 Å². The van der Waals surface area contributed by atoms with Gasteiger partial charge in [0.05, 0.1) is 27.3 Å². The van der Waals surface area contributed by atoms with Crippen LogP contribution in [0.15, 0.2) is 94.1 Å². The summed E-state index contributed by atoms with van der Waals surface area (Å²) in [5.41, 5.74) is 3.17. The molecule has 11 heteroatoms. The molecule has 0 N–H and O–H groups in total. The standard InChI is InChI=1S/C22H23BrN2O2S.C22H24N2O2S/c1-22(2,3)27-21(26)25-13-7-12-17(25)20-24-18(19(23)28-20)16-11-6-9-14-8-4-5-10-15(14)16;1-22(2,3)26-21(25)24-13-7-12-19(24)20-23-18(14-27-20)17-11-6-9-15-8-4-5-10-16(15)17/h4-6,8-11,17H,7,12-13H2,1-3H3;4-6,8-11,14,19H,7,12-13H2,1-3H3. The first kappa shape index (κ1) is 38.9. The van der Waals surface area contributed by atoms with Gasteiger partial charge in [-0.3, -0.25) is 9.80 Å². The number of thiazole rings is 2. The average Bonchev–Trinajstić information content (AvgIpc) is 3.97. The Morgan fingerprint density at radius 1 is 0.673 bits per heavy atom. The van der Waals surface area contributed by atoms with E-state index in [0.717, 1.165) is 68.5 Å². The number of rotatable bonds is 4. The molecule has 2 saturated heterocycles. The Hall–Kier alpha value is -4.32. The van der Waals surface area contributed by atoms with Crippen molar-refractivity contribution in [1.29, 1.82) is 0 Å². The van der Waals surface area contributed by atoms with Crippen LogP contribution in [0.3, 0.4) is 0 Å². The number of aromatic nitrogens is 2. The van der Waals surface area contributed by atoms with Gasteiger partial charge in [-0.05, 0) is 105 Å². The molecule has 0 spiro atoms. The van der Waals surface area contributed by atoms with Gasteiger partial charge in [-0.25, -0.2) is 19.6 Å². The third kappa shape index (κ3) is 8.90. The first-order chi connectivity index (χ1) is 26.3. The molecule has 55 heavy (non-hydrogen) atoms. The second kappa shape index (κ2) is 16.0. The van der Waals surface area contributed by atoms with Crippen molar-refractivity contribution in [2.24, 2.45) is 0 Å². The number of nitrogens with zero attached hydrogens (tertiary/aromatic N) is 4. The highest BCUT2D eigenvalue weighted by atomic mass is 79.9. The van der Waals surface area contributed by atoms with Gasteiger partial charge >= 0.3 is 12.2 Å². The molecule has 8 rings (SSSR count). The lowest BCUT2D eigenvalue weighted by atomic mass is 10.0. The van der Waals surface area contributed by atoms with Crippen LogP contribution in [0.25, 0.3) is 44.1 Å². The zero-order chi connectivity index (χ0) is 38.9. The lowest BCUT2D eigenvalue weighted by Crippen LogP contribution is -2.36. The number of fused-ring (bicyclic) bond motifs is 2. The van der Waals surface area contributed by atoms with E-state index in [1.807, 2.05) is 63.5 Å². The fourth-order valence-electron chi connectivity index (χ4n) is 7.20. The van der Waals surface area contributed by atoms with Crippen LogP contribution in [0.2, 0.25) is 0 Å². The molecule has 4 aromatic carbocycles. The van der Waals surface area contributed by atoms with Crippen molar-refractivity contribution in [1.82, 2.24) is 19.8 Å². The zero-order valence-electron chi connectivity index (χ0n) is 32.2. The van der Waals surface area contributed by atoms with Crippen LogP contribution < -0.4 is 0 Å². The fourth-order valence-corrected chi connectivity index (χ4v) is 9.91. The molecule has 0 radical (unpaired) electrons. The Balaban J connectivity index is 0.000000169. The number of halogens is 1. The zero-order valence-corrected chi connectivity index (χ0v) is 35.4. The monoisotopic (exact) mass is 838 g/mol. The van der Waals surface area contributed by atoms with Crippen LogP contribution in [0.1, 0.15) is 89.3 Å². The maximum atomic E-state index is 12.7. The van der Waals surface area contributed by atoms with Crippen molar-refractivity contribution < 1.29 is 19.1 Å². The molecule has 2 aromatic heterocycles. The molecule has 2 fully saturated rings. The van der Waals surface area contributed by atoms with E-state index < -0.39 is 11.2 Å². The molecular weight excluding hydrogens is 793 g/mol. The minimum absolute atomic E-state index is 0.00794. The first-order valence-corrected chi connectivity index (χ1v) is 21.3. The predicted molar refractivity (Wildman–Crippen MR) is 228 cm³/mol. The molecule has 6 aromatic rings. The highest BCUT2D eigenvalue weighted by Crippen LogP contribution is 2.43. The summed E-state index contributed by atoms with van der Waals surface area (Å²) < 4.78 is 12.2. The maximum Gasteiger partial charge on any atom is 0.410 e. The second-order valence-corrected chi connectivity index (χ2v) is 19.2. The summed E-state index contributed by atoms with van der Waals surface area (Å²) in [6.07, 6.45) is 3.29. The summed E-state index contributed by atoms with van der Waals surface area (Å²) in [5.74, 6) is 0. The Bertz CT molecular complexity index is 2310. The van der Waals surface area contributed by atoms with E-state index in [4.69, 9.17) is 19.4 Å². The lowest BCUT2D eigenvalue weighted by Gasteiger charge is -2.27. The Kier molecular flexibility index (Phi) is 11.4. The van der Waals surface area contributed by atoms with Gasteiger partial charge in [0.15, 0.2) is 0 Å². The van der Waals surface area contributed by atoms with Gasteiger partial charge in [0.1, 0.15) is 21.2 Å². The van der Waals surface area contributed by atoms with Crippen molar-refractivity contribution in [3.05, 3.63) is 104 Å². The van der Waals surface area contributed by atoms with Gasteiger partial charge in [-0.1, -0.05) is 84.9 Å². The third-order valence-corrected chi connectivity index (χ3v) is 12.3. The largest absolute Gasteiger partial charge is 0.444 e. The van der Waals surface area contributed by atoms with E-state index in [-0.39, 0.29) is 24.3 Å². The average molecular weight is 840 g/mol. The highest BCUT2D eigenvalue weighted by Gasteiger charge is 2.36. The van der Waals surface area contributed by atoms with Crippen molar-refractivity contribution >= 4 is 72.3 Å². The summed E-state index contributed by atoms with van der Waals surface area (Å²) in [6.45, 7) is 12.8.